The normalized spacial score (nSPS) is 26.9. The van der Waals surface area contributed by atoms with Crippen LogP contribution in [-0.2, 0) is 11.8 Å². The van der Waals surface area contributed by atoms with Crippen LogP contribution in [0.5, 0.6) is 0 Å². The molecule has 0 saturated heterocycles. The summed E-state index contributed by atoms with van der Waals surface area (Å²) in [5.41, 5.74) is -0.886. The SMILES string of the molecule is CC1CCC(NC(=O)c2ccn(C)n2)(C(=O)O)CC1. The zero-order valence-electron chi connectivity index (χ0n) is 11.2. The number of amides is 1. The molecule has 1 amide bonds. The number of carbonyl (C=O) groups is 2. The van der Waals surface area contributed by atoms with Crippen LogP contribution < -0.4 is 5.32 Å². The number of nitrogens with one attached hydrogen (secondary N) is 1. The first-order valence-electron chi connectivity index (χ1n) is 6.48. The molecule has 1 fully saturated rings. The van der Waals surface area contributed by atoms with Crippen molar-refractivity contribution in [3.63, 3.8) is 0 Å². The van der Waals surface area contributed by atoms with Crippen LogP contribution in [0.2, 0.25) is 0 Å². The van der Waals surface area contributed by atoms with Gasteiger partial charge in [0.2, 0.25) is 0 Å². The van der Waals surface area contributed by atoms with E-state index in [9.17, 15) is 14.7 Å². The van der Waals surface area contributed by atoms with E-state index in [1.807, 2.05) is 0 Å². The third-order valence-electron chi connectivity index (χ3n) is 3.84. The van der Waals surface area contributed by atoms with E-state index in [4.69, 9.17) is 0 Å². The number of carboxylic acid groups (broad SMARTS) is 1. The average molecular weight is 265 g/mol. The first-order valence-corrected chi connectivity index (χ1v) is 6.48. The van der Waals surface area contributed by atoms with Gasteiger partial charge in [-0.25, -0.2) is 4.79 Å². The lowest BCUT2D eigenvalue weighted by molar-refractivity contribution is -0.146. The maximum Gasteiger partial charge on any atom is 0.329 e. The molecule has 1 aromatic rings. The molecule has 1 aliphatic rings. The minimum absolute atomic E-state index is 0.252. The van der Waals surface area contributed by atoms with Crippen molar-refractivity contribution in [2.24, 2.45) is 13.0 Å². The fourth-order valence-electron chi connectivity index (χ4n) is 2.46. The second kappa shape index (κ2) is 5.03. The first-order chi connectivity index (χ1) is 8.93. The van der Waals surface area contributed by atoms with Crippen LogP contribution >= 0.6 is 0 Å². The number of aryl methyl sites for hydroxylation is 1. The Labute approximate surface area is 111 Å². The minimum Gasteiger partial charge on any atom is -0.480 e. The quantitative estimate of drug-likeness (QED) is 0.859. The number of aromatic nitrogens is 2. The Bertz CT molecular complexity index is 487. The van der Waals surface area contributed by atoms with E-state index in [-0.39, 0.29) is 5.69 Å². The third kappa shape index (κ3) is 2.77. The molecule has 0 aliphatic heterocycles. The van der Waals surface area contributed by atoms with Crippen LogP contribution in [0.15, 0.2) is 12.3 Å². The highest BCUT2D eigenvalue weighted by Crippen LogP contribution is 2.32. The Morgan fingerprint density at radius 1 is 1.47 bits per heavy atom. The van der Waals surface area contributed by atoms with Gasteiger partial charge in [-0.05, 0) is 37.7 Å². The number of hydrogen-bond donors (Lipinski definition) is 2. The number of hydrogen-bond acceptors (Lipinski definition) is 3. The van der Waals surface area contributed by atoms with Crippen molar-refractivity contribution < 1.29 is 14.7 Å². The van der Waals surface area contributed by atoms with Gasteiger partial charge in [0.05, 0.1) is 0 Å². The molecule has 19 heavy (non-hydrogen) atoms. The van der Waals surface area contributed by atoms with Crippen LogP contribution in [0.4, 0.5) is 0 Å². The zero-order chi connectivity index (χ0) is 14.0. The summed E-state index contributed by atoms with van der Waals surface area (Å²) in [4.78, 5) is 23.6. The summed E-state index contributed by atoms with van der Waals surface area (Å²) >= 11 is 0. The van der Waals surface area contributed by atoms with Crippen molar-refractivity contribution in [3.8, 4) is 0 Å². The molecule has 1 heterocycles. The predicted octanol–water partition coefficient (Wildman–Crippen LogP) is 1.18. The first kappa shape index (κ1) is 13.6. The van der Waals surface area contributed by atoms with Crippen molar-refractivity contribution in [1.82, 2.24) is 15.1 Å². The molecule has 2 rings (SSSR count). The van der Waals surface area contributed by atoms with Crippen LogP contribution in [0, 0.1) is 5.92 Å². The Morgan fingerprint density at radius 2 is 2.11 bits per heavy atom. The highest BCUT2D eigenvalue weighted by Gasteiger charge is 2.42. The number of carboxylic acids is 1. The summed E-state index contributed by atoms with van der Waals surface area (Å²) in [5.74, 6) is -0.861. The molecule has 2 N–H and O–H groups in total. The van der Waals surface area contributed by atoms with Gasteiger partial charge in [-0.3, -0.25) is 9.48 Å². The maximum absolute atomic E-state index is 12.1. The third-order valence-corrected chi connectivity index (χ3v) is 3.84. The molecule has 6 heteroatoms. The zero-order valence-corrected chi connectivity index (χ0v) is 11.2. The van der Waals surface area contributed by atoms with E-state index in [0.29, 0.717) is 18.8 Å². The van der Waals surface area contributed by atoms with Gasteiger partial charge in [0, 0.05) is 13.2 Å². The fraction of sp³-hybridized carbons (Fsp3) is 0.615. The van der Waals surface area contributed by atoms with Crippen LogP contribution in [-0.4, -0.2) is 32.3 Å². The molecule has 104 valence electrons. The summed E-state index contributed by atoms with van der Waals surface area (Å²) < 4.78 is 1.52. The Balaban J connectivity index is 2.13. The Hall–Kier alpha value is -1.85. The number of rotatable bonds is 3. The van der Waals surface area contributed by atoms with Crippen molar-refractivity contribution in [3.05, 3.63) is 18.0 Å². The monoisotopic (exact) mass is 265 g/mol. The molecule has 0 radical (unpaired) electrons. The molecule has 0 bridgehead atoms. The van der Waals surface area contributed by atoms with E-state index in [1.54, 1.807) is 19.3 Å². The summed E-state index contributed by atoms with van der Waals surface area (Å²) in [7, 11) is 1.71. The van der Waals surface area contributed by atoms with Gasteiger partial charge >= 0.3 is 5.97 Å². The van der Waals surface area contributed by atoms with Gasteiger partial charge in [-0.1, -0.05) is 6.92 Å². The molecule has 0 aromatic carbocycles. The van der Waals surface area contributed by atoms with Crippen LogP contribution in [0.1, 0.15) is 43.1 Å². The lowest BCUT2D eigenvalue weighted by atomic mass is 9.77. The molecule has 1 saturated carbocycles. The number of carbonyl (C=O) groups excluding carboxylic acids is 1. The number of nitrogens with zero attached hydrogens (tertiary/aromatic N) is 2. The van der Waals surface area contributed by atoms with Gasteiger partial charge in [-0.2, -0.15) is 5.10 Å². The predicted molar refractivity (Wildman–Crippen MR) is 68.7 cm³/mol. The number of aliphatic carboxylic acids is 1. The van der Waals surface area contributed by atoms with Gasteiger partial charge in [0.25, 0.3) is 5.91 Å². The van der Waals surface area contributed by atoms with Gasteiger partial charge < -0.3 is 10.4 Å². The lowest BCUT2D eigenvalue weighted by Crippen LogP contribution is -2.56. The highest BCUT2D eigenvalue weighted by molar-refractivity contribution is 5.96. The lowest BCUT2D eigenvalue weighted by Gasteiger charge is -2.36. The summed E-state index contributed by atoms with van der Waals surface area (Å²) in [5, 5.41) is 16.1. The van der Waals surface area contributed by atoms with Crippen molar-refractivity contribution in [1.29, 1.82) is 0 Å². The van der Waals surface area contributed by atoms with Gasteiger partial charge in [0.1, 0.15) is 11.2 Å². The van der Waals surface area contributed by atoms with E-state index in [2.05, 4.69) is 17.3 Å². The van der Waals surface area contributed by atoms with E-state index in [0.717, 1.165) is 12.8 Å². The molecule has 6 nitrogen and oxygen atoms in total. The van der Waals surface area contributed by atoms with Crippen molar-refractivity contribution in [2.75, 3.05) is 0 Å². The smallest absolute Gasteiger partial charge is 0.329 e. The average Bonchev–Trinajstić information content (AvgIpc) is 2.79. The van der Waals surface area contributed by atoms with E-state index in [1.165, 1.54) is 4.68 Å². The second-order valence-electron chi connectivity index (χ2n) is 5.40. The van der Waals surface area contributed by atoms with Crippen LogP contribution in [0.3, 0.4) is 0 Å². The van der Waals surface area contributed by atoms with Crippen molar-refractivity contribution in [2.45, 2.75) is 38.1 Å². The standard InChI is InChI=1S/C13H19N3O3/c1-9-3-6-13(7-4-9,12(18)19)14-11(17)10-5-8-16(2)15-10/h5,8-9H,3-4,6-7H2,1-2H3,(H,14,17)(H,18,19). The van der Waals surface area contributed by atoms with E-state index < -0.39 is 17.4 Å². The Kier molecular flexibility index (Phi) is 3.59. The highest BCUT2D eigenvalue weighted by atomic mass is 16.4. The molecule has 0 atom stereocenters. The molecule has 0 spiro atoms. The molecular formula is C13H19N3O3. The summed E-state index contributed by atoms with van der Waals surface area (Å²) in [6.07, 6.45) is 4.24. The summed E-state index contributed by atoms with van der Waals surface area (Å²) in [6.45, 7) is 2.10. The van der Waals surface area contributed by atoms with E-state index >= 15 is 0 Å². The second-order valence-corrected chi connectivity index (χ2v) is 5.40. The van der Waals surface area contributed by atoms with Crippen LogP contribution in [0.25, 0.3) is 0 Å². The molecule has 1 aromatic heterocycles. The molecule has 1 aliphatic carbocycles. The largest absolute Gasteiger partial charge is 0.480 e. The summed E-state index contributed by atoms with van der Waals surface area (Å²) in [6, 6.07) is 1.58. The molecule has 0 unspecified atom stereocenters. The van der Waals surface area contributed by atoms with Gasteiger partial charge in [0.15, 0.2) is 0 Å². The minimum atomic E-state index is -1.14. The molecular weight excluding hydrogens is 246 g/mol. The fourth-order valence-corrected chi connectivity index (χ4v) is 2.46. The topological polar surface area (TPSA) is 84.2 Å². The Morgan fingerprint density at radius 3 is 2.58 bits per heavy atom. The van der Waals surface area contributed by atoms with Gasteiger partial charge in [-0.15, -0.1) is 0 Å². The van der Waals surface area contributed by atoms with Crippen molar-refractivity contribution >= 4 is 11.9 Å². The maximum atomic E-state index is 12.1.